The van der Waals surface area contributed by atoms with Crippen LogP contribution in [0.15, 0.2) is 0 Å². The molecule has 3 nitrogen and oxygen atoms in total. The Kier molecular flexibility index (Phi) is 3.10. The highest BCUT2D eigenvalue weighted by atomic mass is 16.3. The highest BCUT2D eigenvalue weighted by molar-refractivity contribution is 4.95. The molecular formula is C11H21NO2. The maximum atomic E-state index is 9.35. The van der Waals surface area contributed by atoms with Crippen molar-refractivity contribution in [2.75, 3.05) is 13.2 Å². The molecule has 0 saturated heterocycles. The minimum absolute atomic E-state index is 0.0687. The van der Waals surface area contributed by atoms with Crippen LogP contribution in [-0.4, -0.2) is 35.5 Å². The maximum absolute atomic E-state index is 9.35. The van der Waals surface area contributed by atoms with Crippen LogP contribution in [0.2, 0.25) is 0 Å². The van der Waals surface area contributed by atoms with Crippen LogP contribution in [0.1, 0.15) is 38.5 Å². The Morgan fingerprint density at radius 2 is 1.79 bits per heavy atom. The van der Waals surface area contributed by atoms with Gasteiger partial charge in [0, 0.05) is 24.6 Å². The summed E-state index contributed by atoms with van der Waals surface area (Å²) in [4.78, 5) is 0. The second-order valence-corrected chi connectivity index (χ2v) is 5.04. The molecule has 2 aliphatic rings. The number of aliphatic hydroxyl groups excluding tert-OH is 2. The molecule has 0 aromatic rings. The topological polar surface area (TPSA) is 52.5 Å². The van der Waals surface area contributed by atoms with Gasteiger partial charge in [-0.25, -0.2) is 0 Å². The summed E-state index contributed by atoms with van der Waals surface area (Å²) in [6.07, 6.45) is 6.32. The Labute approximate surface area is 85.5 Å². The van der Waals surface area contributed by atoms with Crippen molar-refractivity contribution in [1.29, 1.82) is 0 Å². The lowest BCUT2D eigenvalue weighted by atomic mass is 9.92. The molecule has 0 unspecified atom stereocenters. The molecule has 2 aliphatic carbocycles. The highest BCUT2D eigenvalue weighted by Crippen LogP contribution is 2.44. The minimum atomic E-state index is -0.0687. The minimum Gasteiger partial charge on any atom is -0.396 e. The van der Waals surface area contributed by atoms with Gasteiger partial charge in [-0.2, -0.15) is 0 Å². The summed E-state index contributed by atoms with van der Waals surface area (Å²) in [7, 11) is 0. The maximum Gasteiger partial charge on any atom is 0.0541 e. The van der Waals surface area contributed by atoms with Crippen LogP contribution in [0, 0.1) is 5.41 Å². The molecule has 0 aliphatic heterocycles. The van der Waals surface area contributed by atoms with E-state index in [0.29, 0.717) is 12.6 Å². The van der Waals surface area contributed by atoms with Gasteiger partial charge in [0.25, 0.3) is 0 Å². The molecule has 82 valence electrons. The molecule has 0 radical (unpaired) electrons. The molecule has 0 bridgehead atoms. The van der Waals surface area contributed by atoms with Crippen molar-refractivity contribution in [2.24, 2.45) is 5.41 Å². The lowest BCUT2D eigenvalue weighted by Gasteiger charge is -2.27. The Balaban J connectivity index is 1.66. The summed E-state index contributed by atoms with van der Waals surface area (Å²) < 4.78 is 0. The first kappa shape index (κ1) is 10.4. The first-order valence-electron chi connectivity index (χ1n) is 5.76. The van der Waals surface area contributed by atoms with E-state index in [1.54, 1.807) is 0 Å². The van der Waals surface area contributed by atoms with Gasteiger partial charge in [0.1, 0.15) is 0 Å². The van der Waals surface area contributed by atoms with Crippen LogP contribution >= 0.6 is 0 Å². The van der Waals surface area contributed by atoms with Gasteiger partial charge < -0.3 is 15.5 Å². The highest BCUT2D eigenvalue weighted by Gasteiger charge is 2.41. The van der Waals surface area contributed by atoms with E-state index in [9.17, 15) is 5.11 Å². The summed E-state index contributed by atoms with van der Waals surface area (Å²) >= 11 is 0. The fourth-order valence-electron chi connectivity index (χ4n) is 2.21. The summed E-state index contributed by atoms with van der Waals surface area (Å²) in [6, 6.07) is 0.572. The van der Waals surface area contributed by atoms with E-state index in [1.807, 2.05) is 0 Å². The van der Waals surface area contributed by atoms with Crippen molar-refractivity contribution < 1.29 is 10.2 Å². The Morgan fingerprint density at radius 3 is 2.29 bits per heavy atom. The number of aliphatic hydroxyl groups is 2. The third kappa shape index (κ3) is 2.47. The molecule has 14 heavy (non-hydrogen) atoms. The van der Waals surface area contributed by atoms with Gasteiger partial charge in [0.05, 0.1) is 6.10 Å². The SMILES string of the molecule is OCC1(CNC2CCC(O)CC2)CC1. The molecule has 0 aromatic heterocycles. The van der Waals surface area contributed by atoms with Crippen LogP contribution in [0.4, 0.5) is 0 Å². The third-order valence-electron chi connectivity index (χ3n) is 3.75. The average Bonchev–Trinajstić information content (AvgIpc) is 2.98. The smallest absolute Gasteiger partial charge is 0.0541 e. The van der Waals surface area contributed by atoms with Crippen LogP contribution in [0.25, 0.3) is 0 Å². The van der Waals surface area contributed by atoms with Crippen molar-refractivity contribution in [3.63, 3.8) is 0 Å². The Morgan fingerprint density at radius 1 is 1.14 bits per heavy atom. The van der Waals surface area contributed by atoms with E-state index in [2.05, 4.69) is 5.32 Å². The number of hydrogen-bond acceptors (Lipinski definition) is 3. The van der Waals surface area contributed by atoms with Gasteiger partial charge in [0.15, 0.2) is 0 Å². The van der Waals surface area contributed by atoms with Crippen molar-refractivity contribution in [1.82, 2.24) is 5.32 Å². The molecular weight excluding hydrogens is 178 g/mol. The number of hydrogen-bond donors (Lipinski definition) is 3. The fourth-order valence-corrected chi connectivity index (χ4v) is 2.21. The second kappa shape index (κ2) is 4.17. The molecule has 0 heterocycles. The molecule has 3 N–H and O–H groups in total. The van der Waals surface area contributed by atoms with E-state index in [4.69, 9.17) is 5.11 Å². The predicted octanol–water partition coefficient (Wildman–Crippen LogP) is 0.652. The van der Waals surface area contributed by atoms with Gasteiger partial charge in [-0.3, -0.25) is 0 Å². The van der Waals surface area contributed by atoms with E-state index >= 15 is 0 Å². The molecule has 2 saturated carbocycles. The summed E-state index contributed by atoms with van der Waals surface area (Å²) in [5.41, 5.74) is 0.218. The molecule has 0 spiro atoms. The van der Waals surface area contributed by atoms with Gasteiger partial charge in [-0.15, -0.1) is 0 Å². The molecule has 2 fully saturated rings. The standard InChI is InChI=1S/C11H21NO2/c13-8-11(5-6-11)7-12-9-1-3-10(14)4-2-9/h9-10,12-14H,1-8H2. The monoisotopic (exact) mass is 199 g/mol. The van der Waals surface area contributed by atoms with Gasteiger partial charge in [0.2, 0.25) is 0 Å². The van der Waals surface area contributed by atoms with E-state index < -0.39 is 0 Å². The van der Waals surface area contributed by atoms with Gasteiger partial charge in [-0.1, -0.05) is 0 Å². The van der Waals surface area contributed by atoms with Crippen LogP contribution < -0.4 is 5.32 Å². The van der Waals surface area contributed by atoms with Crippen LogP contribution in [-0.2, 0) is 0 Å². The summed E-state index contributed by atoms with van der Waals surface area (Å²) in [5.74, 6) is 0. The number of nitrogens with one attached hydrogen (secondary N) is 1. The average molecular weight is 199 g/mol. The molecule has 3 heteroatoms. The van der Waals surface area contributed by atoms with E-state index in [-0.39, 0.29) is 11.5 Å². The summed E-state index contributed by atoms with van der Waals surface area (Å²) in [5, 5.41) is 22.0. The van der Waals surface area contributed by atoms with Crippen molar-refractivity contribution in [3.8, 4) is 0 Å². The second-order valence-electron chi connectivity index (χ2n) is 5.04. The van der Waals surface area contributed by atoms with Crippen LogP contribution in [0.5, 0.6) is 0 Å². The first-order chi connectivity index (χ1) is 6.74. The van der Waals surface area contributed by atoms with Crippen molar-refractivity contribution >= 4 is 0 Å². The predicted molar refractivity (Wildman–Crippen MR) is 55.0 cm³/mol. The summed E-state index contributed by atoms with van der Waals surface area (Å²) in [6.45, 7) is 1.29. The molecule has 2 rings (SSSR count). The molecule has 0 aromatic carbocycles. The Hall–Kier alpha value is -0.120. The third-order valence-corrected chi connectivity index (χ3v) is 3.75. The first-order valence-corrected chi connectivity index (χ1v) is 5.76. The van der Waals surface area contributed by atoms with E-state index in [0.717, 1.165) is 32.2 Å². The number of rotatable bonds is 4. The van der Waals surface area contributed by atoms with Crippen molar-refractivity contribution in [2.45, 2.75) is 50.7 Å². The van der Waals surface area contributed by atoms with Crippen LogP contribution in [0.3, 0.4) is 0 Å². The molecule has 0 atom stereocenters. The zero-order valence-corrected chi connectivity index (χ0v) is 8.71. The molecule has 0 amide bonds. The quantitative estimate of drug-likeness (QED) is 0.623. The zero-order valence-electron chi connectivity index (χ0n) is 8.71. The van der Waals surface area contributed by atoms with Gasteiger partial charge >= 0.3 is 0 Å². The fraction of sp³-hybridized carbons (Fsp3) is 1.00. The zero-order chi connectivity index (χ0) is 10.0. The van der Waals surface area contributed by atoms with E-state index in [1.165, 1.54) is 12.8 Å². The normalized spacial score (nSPS) is 35.6. The van der Waals surface area contributed by atoms with Crippen molar-refractivity contribution in [3.05, 3.63) is 0 Å². The lowest BCUT2D eigenvalue weighted by molar-refractivity contribution is 0.113. The van der Waals surface area contributed by atoms with Gasteiger partial charge in [-0.05, 0) is 38.5 Å². The lowest BCUT2D eigenvalue weighted by Crippen LogP contribution is -2.38. The Bertz CT molecular complexity index is 184. The largest absolute Gasteiger partial charge is 0.396 e.